The van der Waals surface area contributed by atoms with Gasteiger partial charge < -0.3 is 10.2 Å². The van der Waals surface area contributed by atoms with Crippen LogP contribution in [0.1, 0.15) is 37.6 Å². The summed E-state index contributed by atoms with van der Waals surface area (Å²) in [6.45, 7) is 11.2. The zero-order valence-corrected chi connectivity index (χ0v) is 13.7. The molecule has 1 fully saturated rings. The zero-order valence-electron chi connectivity index (χ0n) is 12.1. The predicted molar refractivity (Wildman–Crippen MR) is 82.1 cm³/mol. The largest absolute Gasteiger partial charge is 0.444 e. The second-order valence-electron chi connectivity index (χ2n) is 5.84. The van der Waals surface area contributed by atoms with Crippen molar-refractivity contribution in [1.82, 2.24) is 9.88 Å². The highest BCUT2D eigenvalue weighted by molar-refractivity contribution is 5.85. The summed E-state index contributed by atoms with van der Waals surface area (Å²) in [5.41, 5.74) is 7.30. The second kappa shape index (κ2) is 6.93. The van der Waals surface area contributed by atoms with Gasteiger partial charge in [-0.05, 0) is 25.7 Å². The number of halogens is 2. The molecule has 2 rings (SSSR count). The summed E-state index contributed by atoms with van der Waals surface area (Å²) >= 11 is 0. The summed E-state index contributed by atoms with van der Waals surface area (Å²) in [7, 11) is 0. The SMILES string of the molecule is Cc1nc(CN2CCC(N)C(C)(C)C2)oc1C.Cl.Cl. The molecule has 2 N–H and O–H groups in total. The number of aromatic nitrogens is 1. The normalized spacial score (nSPS) is 22.5. The van der Waals surface area contributed by atoms with Gasteiger partial charge in [-0.3, -0.25) is 4.90 Å². The topological polar surface area (TPSA) is 55.3 Å². The van der Waals surface area contributed by atoms with Crippen molar-refractivity contribution in [3.63, 3.8) is 0 Å². The van der Waals surface area contributed by atoms with Crippen LogP contribution < -0.4 is 5.73 Å². The molecule has 0 saturated carbocycles. The van der Waals surface area contributed by atoms with Crippen molar-refractivity contribution in [2.24, 2.45) is 11.1 Å². The number of nitrogens with two attached hydrogens (primary N) is 1. The minimum Gasteiger partial charge on any atom is -0.444 e. The molecule has 0 aromatic carbocycles. The van der Waals surface area contributed by atoms with E-state index in [-0.39, 0.29) is 30.2 Å². The van der Waals surface area contributed by atoms with Crippen molar-refractivity contribution in [1.29, 1.82) is 0 Å². The van der Waals surface area contributed by atoms with E-state index in [2.05, 4.69) is 23.7 Å². The van der Waals surface area contributed by atoms with Gasteiger partial charge in [-0.15, -0.1) is 24.8 Å². The fourth-order valence-corrected chi connectivity index (χ4v) is 2.42. The molecule has 0 bridgehead atoms. The van der Waals surface area contributed by atoms with Crippen molar-refractivity contribution >= 4 is 24.8 Å². The van der Waals surface area contributed by atoms with E-state index in [1.165, 1.54) is 0 Å². The van der Waals surface area contributed by atoms with Gasteiger partial charge in [0, 0.05) is 19.1 Å². The first-order valence-corrected chi connectivity index (χ1v) is 6.29. The lowest BCUT2D eigenvalue weighted by Crippen LogP contribution is -2.52. The minimum absolute atomic E-state index is 0. The molecule has 0 aliphatic carbocycles. The molecule has 1 aliphatic rings. The molecule has 0 spiro atoms. The van der Waals surface area contributed by atoms with E-state index >= 15 is 0 Å². The maximum Gasteiger partial charge on any atom is 0.208 e. The van der Waals surface area contributed by atoms with Crippen LogP contribution in [0.3, 0.4) is 0 Å². The van der Waals surface area contributed by atoms with E-state index in [9.17, 15) is 0 Å². The molecule has 1 saturated heterocycles. The quantitative estimate of drug-likeness (QED) is 0.912. The lowest BCUT2D eigenvalue weighted by atomic mass is 9.80. The van der Waals surface area contributed by atoms with E-state index in [1.807, 2.05) is 13.8 Å². The van der Waals surface area contributed by atoms with Gasteiger partial charge in [-0.25, -0.2) is 4.98 Å². The summed E-state index contributed by atoms with van der Waals surface area (Å²) in [5.74, 6) is 1.75. The molecule has 1 aromatic heterocycles. The lowest BCUT2D eigenvalue weighted by Gasteiger charge is -2.42. The van der Waals surface area contributed by atoms with Gasteiger partial charge in [0.05, 0.1) is 12.2 Å². The molecule has 2 heterocycles. The van der Waals surface area contributed by atoms with Crippen LogP contribution in [0.4, 0.5) is 0 Å². The van der Waals surface area contributed by atoms with Gasteiger partial charge >= 0.3 is 0 Å². The third-order valence-electron chi connectivity index (χ3n) is 3.82. The molecule has 112 valence electrons. The van der Waals surface area contributed by atoms with Gasteiger partial charge in [-0.2, -0.15) is 0 Å². The molecular weight excluding hydrogens is 285 g/mol. The van der Waals surface area contributed by atoms with Crippen LogP contribution >= 0.6 is 24.8 Å². The Morgan fingerprint density at radius 2 is 2.00 bits per heavy atom. The number of piperidine rings is 1. The zero-order chi connectivity index (χ0) is 12.6. The number of hydrogen-bond acceptors (Lipinski definition) is 4. The number of hydrogen-bond donors (Lipinski definition) is 1. The highest BCUT2D eigenvalue weighted by Gasteiger charge is 2.33. The Labute approximate surface area is 127 Å². The Hall–Kier alpha value is -0.290. The second-order valence-corrected chi connectivity index (χ2v) is 5.84. The summed E-state index contributed by atoms with van der Waals surface area (Å²) in [4.78, 5) is 6.81. The Balaban J connectivity index is 0.00000162. The number of likely N-dealkylation sites (tertiary alicyclic amines) is 1. The van der Waals surface area contributed by atoms with Crippen molar-refractivity contribution in [2.45, 2.75) is 46.7 Å². The lowest BCUT2D eigenvalue weighted by molar-refractivity contribution is 0.0828. The first kappa shape index (κ1) is 18.7. The van der Waals surface area contributed by atoms with Gasteiger partial charge in [0.15, 0.2) is 0 Å². The van der Waals surface area contributed by atoms with Crippen LogP contribution in [0.15, 0.2) is 4.42 Å². The van der Waals surface area contributed by atoms with E-state index in [4.69, 9.17) is 10.2 Å². The van der Waals surface area contributed by atoms with Crippen molar-refractivity contribution in [3.05, 3.63) is 17.3 Å². The van der Waals surface area contributed by atoms with Crippen LogP contribution in [-0.4, -0.2) is 29.0 Å². The molecule has 1 aliphatic heterocycles. The first-order chi connectivity index (χ1) is 7.88. The summed E-state index contributed by atoms with van der Waals surface area (Å²) in [5, 5.41) is 0. The average Bonchev–Trinajstić information content (AvgIpc) is 2.52. The van der Waals surface area contributed by atoms with Gasteiger partial charge in [0.2, 0.25) is 5.89 Å². The van der Waals surface area contributed by atoms with Crippen molar-refractivity contribution in [2.75, 3.05) is 13.1 Å². The van der Waals surface area contributed by atoms with E-state index < -0.39 is 0 Å². The number of nitrogens with zero attached hydrogens (tertiary/aromatic N) is 2. The first-order valence-electron chi connectivity index (χ1n) is 6.29. The standard InChI is InChI=1S/C13H23N3O.2ClH/c1-9-10(2)17-12(15-9)7-16-6-5-11(14)13(3,4)8-16;;/h11H,5-8,14H2,1-4H3;2*1H. The summed E-state index contributed by atoms with van der Waals surface area (Å²) in [6, 6.07) is 0.298. The van der Waals surface area contributed by atoms with Crippen LogP contribution in [0.25, 0.3) is 0 Å². The third-order valence-corrected chi connectivity index (χ3v) is 3.82. The van der Waals surface area contributed by atoms with Crippen molar-refractivity contribution < 1.29 is 4.42 Å². The fourth-order valence-electron chi connectivity index (χ4n) is 2.42. The van der Waals surface area contributed by atoms with E-state index in [0.29, 0.717) is 6.04 Å². The molecule has 19 heavy (non-hydrogen) atoms. The molecule has 6 heteroatoms. The molecular formula is C13H25Cl2N3O. The molecule has 4 nitrogen and oxygen atoms in total. The van der Waals surface area contributed by atoms with Crippen LogP contribution in [0.2, 0.25) is 0 Å². The van der Waals surface area contributed by atoms with Crippen LogP contribution in [-0.2, 0) is 6.54 Å². The summed E-state index contributed by atoms with van der Waals surface area (Å²) < 4.78 is 5.63. The molecule has 1 atom stereocenters. The van der Waals surface area contributed by atoms with E-state index in [0.717, 1.165) is 43.4 Å². The molecule has 0 radical (unpaired) electrons. The number of aryl methyl sites for hydroxylation is 2. The number of rotatable bonds is 2. The summed E-state index contributed by atoms with van der Waals surface area (Å²) in [6.07, 6.45) is 1.05. The monoisotopic (exact) mass is 309 g/mol. The van der Waals surface area contributed by atoms with Gasteiger partial charge in [0.1, 0.15) is 5.76 Å². The number of oxazole rings is 1. The maximum absolute atomic E-state index is 6.13. The van der Waals surface area contributed by atoms with Gasteiger partial charge in [0.25, 0.3) is 0 Å². The molecule has 1 aromatic rings. The van der Waals surface area contributed by atoms with E-state index in [1.54, 1.807) is 0 Å². The minimum atomic E-state index is 0. The van der Waals surface area contributed by atoms with Gasteiger partial charge in [-0.1, -0.05) is 13.8 Å². The Bertz CT molecular complexity index is 387. The highest BCUT2D eigenvalue weighted by Crippen LogP contribution is 2.28. The smallest absolute Gasteiger partial charge is 0.208 e. The Morgan fingerprint density at radius 3 is 2.47 bits per heavy atom. The maximum atomic E-state index is 6.13. The predicted octanol–water partition coefficient (Wildman–Crippen LogP) is 2.69. The van der Waals surface area contributed by atoms with Crippen LogP contribution in [0.5, 0.6) is 0 Å². The Kier molecular flexibility index (Phi) is 6.83. The average molecular weight is 310 g/mol. The van der Waals surface area contributed by atoms with Crippen LogP contribution in [0, 0.1) is 19.3 Å². The Morgan fingerprint density at radius 1 is 1.37 bits per heavy atom. The fraction of sp³-hybridized carbons (Fsp3) is 0.769. The molecule has 1 unspecified atom stereocenters. The molecule has 0 amide bonds. The third kappa shape index (κ3) is 4.35. The van der Waals surface area contributed by atoms with Crippen molar-refractivity contribution in [3.8, 4) is 0 Å². The highest BCUT2D eigenvalue weighted by atomic mass is 35.5.